The van der Waals surface area contributed by atoms with Crippen LogP contribution in [0.15, 0.2) is 0 Å². The second-order valence-corrected chi connectivity index (χ2v) is 6.60. The number of amides is 1. The maximum Gasteiger partial charge on any atom is 0.364 e. The quantitative estimate of drug-likeness (QED) is 0.235. The molecule has 0 bridgehead atoms. The molecule has 1 amide bonds. The molecule has 0 aliphatic carbocycles. The van der Waals surface area contributed by atoms with Crippen LogP contribution in [0, 0.1) is 0 Å². The van der Waals surface area contributed by atoms with Crippen LogP contribution >= 0.6 is 0 Å². The molecule has 0 aliphatic heterocycles. The number of hydrogen-bond donors (Lipinski definition) is 2. The molecular weight excluding hydrogens is 306 g/mol. The second kappa shape index (κ2) is 16.7. The summed E-state index contributed by atoms with van der Waals surface area (Å²) < 4.78 is 0. The lowest BCUT2D eigenvalue weighted by Crippen LogP contribution is -2.41. The van der Waals surface area contributed by atoms with Gasteiger partial charge in [-0.15, -0.1) is 0 Å². The van der Waals surface area contributed by atoms with Crippen molar-refractivity contribution in [2.45, 2.75) is 110 Å². The number of hydrogen-bond acceptors (Lipinski definition) is 4. The standard InChI is InChI=1S/C19H37NO4/c1-3-5-7-9-11-13-15-17(19(22)24-23)20-18(21)16-14-12-10-8-6-4-2/h17,23H,3-16H2,1-2H3,(H,20,21). The zero-order chi connectivity index (χ0) is 18.0. The van der Waals surface area contributed by atoms with Crippen molar-refractivity contribution in [3.63, 3.8) is 0 Å². The molecule has 0 rings (SSSR count). The lowest BCUT2D eigenvalue weighted by molar-refractivity contribution is -0.236. The molecule has 0 aromatic rings. The topological polar surface area (TPSA) is 75.6 Å². The van der Waals surface area contributed by atoms with Gasteiger partial charge in [0, 0.05) is 6.42 Å². The highest BCUT2D eigenvalue weighted by molar-refractivity contribution is 5.84. The lowest BCUT2D eigenvalue weighted by Gasteiger charge is -2.15. The Labute approximate surface area is 147 Å². The Balaban J connectivity index is 3.91. The van der Waals surface area contributed by atoms with Gasteiger partial charge in [-0.2, -0.15) is 5.26 Å². The van der Waals surface area contributed by atoms with Crippen molar-refractivity contribution in [3.8, 4) is 0 Å². The van der Waals surface area contributed by atoms with Crippen LogP contribution in [0.4, 0.5) is 0 Å². The maximum atomic E-state index is 11.9. The van der Waals surface area contributed by atoms with Gasteiger partial charge in [-0.25, -0.2) is 4.79 Å². The van der Waals surface area contributed by atoms with E-state index in [1.165, 1.54) is 38.5 Å². The Morgan fingerprint density at radius 1 is 0.833 bits per heavy atom. The fraction of sp³-hybridized carbons (Fsp3) is 0.895. The van der Waals surface area contributed by atoms with Crippen molar-refractivity contribution in [1.82, 2.24) is 5.32 Å². The van der Waals surface area contributed by atoms with Gasteiger partial charge < -0.3 is 5.32 Å². The summed E-state index contributed by atoms with van der Waals surface area (Å²) in [4.78, 5) is 27.3. The van der Waals surface area contributed by atoms with Crippen LogP contribution in [0.3, 0.4) is 0 Å². The molecule has 2 N–H and O–H groups in total. The Morgan fingerprint density at radius 3 is 1.88 bits per heavy atom. The van der Waals surface area contributed by atoms with Gasteiger partial charge in [-0.1, -0.05) is 84.5 Å². The van der Waals surface area contributed by atoms with Gasteiger partial charge in [0.2, 0.25) is 5.91 Å². The van der Waals surface area contributed by atoms with Crippen molar-refractivity contribution in [3.05, 3.63) is 0 Å². The third-order valence-corrected chi connectivity index (χ3v) is 4.31. The third-order valence-electron chi connectivity index (χ3n) is 4.31. The molecule has 1 unspecified atom stereocenters. The van der Waals surface area contributed by atoms with Crippen molar-refractivity contribution in [2.75, 3.05) is 0 Å². The predicted molar refractivity (Wildman–Crippen MR) is 96.6 cm³/mol. The van der Waals surface area contributed by atoms with Gasteiger partial charge >= 0.3 is 5.97 Å². The first-order valence-electron chi connectivity index (χ1n) is 9.80. The monoisotopic (exact) mass is 343 g/mol. The first-order chi connectivity index (χ1) is 11.7. The predicted octanol–water partition coefficient (Wildman–Crippen LogP) is 4.99. The summed E-state index contributed by atoms with van der Waals surface area (Å²) >= 11 is 0. The molecule has 0 aliphatic rings. The molecule has 0 aromatic heterocycles. The molecule has 0 aromatic carbocycles. The van der Waals surface area contributed by atoms with Crippen LogP contribution in [0.2, 0.25) is 0 Å². The van der Waals surface area contributed by atoms with E-state index < -0.39 is 12.0 Å². The van der Waals surface area contributed by atoms with Gasteiger partial charge in [-0.3, -0.25) is 9.68 Å². The number of nitrogens with one attached hydrogen (secondary N) is 1. The molecule has 5 heteroatoms. The van der Waals surface area contributed by atoms with Crippen LogP contribution in [0.1, 0.15) is 104 Å². The zero-order valence-electron chi connectivity index (χ0n) is 15.6. The molecule has 0 spiro atoms. The summed E-state index contributed by atoms with van der Waals surface area (Å²) in [6.07, 6.45) is 14.3. The van der Waals surface area contributed by atoms with Gasteiger partial charge in [0.05, 0.1) is 0 Å². The highest BCUT2D eigenvalue weighted by atomic mass is 17.1. The van der Waals surface area contributed by atoms with Crippen LogP contribution in [0.5, 0.6) is 0 Å². The van der Waals surface area contributed by atoms with E-state index in [9.17, 15) is 9.59 Å². The molecule has 0 heterocycles. The van der Waals surface area contributed by atoms with Crippen molar-refractivity contribution >= 4 is 11.9 Å². The van der Waals surface area contributed by atoms with E-state index in [4.69, 9.17) is 5.26 Å². The van der Waals surface area contributed by atoms with Crippen LogP contribution in [-0.4, -0.2) is 23.2 Å². The molecule has 0 saturated heterocycles. The smallest absolute Gasteiger partial charge is 0.343 e. The van der Waals surface area contributed by atoms with E-state index in [0.717, 1.165) is 38.5 Å². The minimum atomic E-state index is -0.764. The molecule has 0 radical (unpaired) electrons. The molecule has 0 fully saturated rings. The van der Waals surface area contributed by atoms with E-state index in [1.807, 2.05) is 0 Å². The fourth-order valence-corrected chi connectivity index (χ4v) is 2.77. The third kappa shape index (κ3) is 13.3. The van der Waals surface area contributed by atoms with E-state index in [0.29, 0.717) is 12.8 Å². The first kappa shape index (κ1) is 22.9. The van der Waals surface area contributed by atoms with Gasteiger partial charge in [0.25, 0.3) is 0 Å². The average Bonchev–Trinajstić information content (AvgIpc) is 2.59. The SMILES string of the molecule is CCCCCCCCC(=O)NC(CCCCCCCC)C(=O)OO. The Morgan fingerprint density at radius 2 is 1.33 bits per heavy atom. The Hall–Kier alpha value is -1.10. The molecule has 142 valence electrons. The molecule has 5 nitrogen and oxygen atoms in total. The maximum absolute atomic E-state index is 11.9. The summed E-state index contributed by atoms with van der Waals surface area (Å²) in [6, 6.07) is -0.728. The van der Waals surface area contributed by atoms with Gasteiger partial charge in [0.15, 0.2) is 0 Å². The summed E-state index contributed by atoms with van der Waals surface area (Å²) in [5.74, 6) is -0.897. The minimum Gasteiger partial charge on any atom is -0.343 e. The number of carbonyl (C=O) groups is 2. The lowest BCUT2D eigenvalue weighted by atomic mass is 10.1. The fourth-order valence-electron chi connectivity index (χ4n) is 2.77. The largest absolute Gasteiger partial charge is 0.364 e. The molecular formula is C19H37NO4. The van der Waals surface area contributed by atoms with Gasteiger partial charge in [0.1, 0.15) is 6.04 Å². The summed E-state index contributed by atoms with van der Waals surface area (Å²) in [5, 5.41) is 11.3. The number of unbranched alkanes of at least 4 members (excludes halogenated alkanes) is 10. The van der Waals surface area contributed by atoms with Crippen molar-refractivity contribution in [1.29, 1.82) is 0 Å². The van der Waals surface area contributed by atoms with E-state index in [2.05, 4.69) is 24.1 Å². The summed E-state index contributed by atoms with van der Waals surface area (Å²) in [5.41, 5.74) is 0. The first-order valence-corrected chi connectivity index (χ1v) is 9.80. The summed E-state index contributed by atoms with van der Waals surface area (Å²) in [7, 11) is 0. The zero-order valence-corrected chi connectivity index (χ0v) is 15.6. The minimum absolute atomic E-state index is 0.133. The average molecular weight is 344 g/mol. The number of carbonyl (C=O) groups excluding carboxylic acids is 2. The van der Waals surface area contributed by atoms with E-state index in [-0.39, 0.29) is 5.91 Å². The van der Waals surface area contributed by atoms with Crippen LogP contribution < -0.4 is 5.32 Å². The Kier molecular flexibility index (Phi) is 16.0. The van der Waals surface area contributed by atoms with E-state index >= 15 is 0 Å². The normalized spacial score (nSPS) is 12.0. The molecule has 1 atom stereocenters. The number of rotatable bonds is 16. The van der Waals surface area contributed by atoms with Crippen molar-refractivity contribution in [2.24, 2.45) is 0 Å². The Bertz CT molecular complexity index is 320. The van der Waals surface area contributed by atoms with E-state index in [1.54, 1.807) is 0 Å². The van der Waals surface area contributed by atoms with Crippen LogP contribution in [-0.2, 0) is 14.5 Å². The van der Waals surface area contributed by atoms with Gasteiger partial charge in [-0.05, 0) is 12.8 Å². The molecule has 24 heavy (non-hydrogen) atoms. The highest BCUT2D eigenvalue weighted by Crippen LogP contribution is 2.11. The molecule has 0 saturated carbocycles. The van der Waals surface area contributed by atoms with Crippen molar-refractivity contribution < 1.29 is 19.7 Å². The second-order valence-electron chi connectivity index (χ2n) is 6.60. The highest BCUT2D eigenvalue weighted by Gasteiger charge is 2.21. The van der Waals surface area contributed by atoms with Crippen LogP contribution in [0.25, 0.3) is 0 Å². The summed E-state index contributed by atoms with van der Waals surface area (Å²) in [6.45, 7) is 4.35.